The highest BCUT2D eigenvalue weighted by atomic mass is 16.5. The molecule has 33 heavy (non-hydrogen) atoms. The van der Waals surface area contributed by atoms with Crippen LogP contribution >= 0.6 is 0 Å². The number of aromatic nitrogens is 2. The second kappa shape index (κ2) is 10.8. The Bertz CT molecular complexity index is 1270. The van der Waals surface area contributed by atoms with Crippen LogP contribution in [0.4, 0.5) is 11.5 Å². The molecule has 9 heteroatoms. The van der Waals surface area contributed by atoms with Crippen LogP contribution in [-0.2, 0) is 22.5 Å². The van der Waals surface area contributed by atoms with E-state index in [1.165, 1.54) is 22.7 Å². The molecule has 0 saturated heterocycles. The number of methoxy groups -OCH3 is 1. The molecule has 2 aromatic heterocycles. The highest BCUT2D eigenvalue weighted by Crippen LogP contribution is 2.27. The molecule has 1 aromatic carbocycles. The molecule has 0 saturated carbocycles. The van der Waals surface area contributed by atoms with E-state index in [9.17, 15) is 14.4 Å². The molecule has 0 aliphatic carbocycles. The molecule has 1 amide bonds. The number of anilines is 2. The van der Waals surface area contributed by atoms with Crippen LogP contribution in [0.2, 0.25) is 0 Å². The number of aromatic amines is 1. The van der Waals surface area contributed by atoms with Gasteiger partial charge < -0.3 is 14.9 Å². The largest absolute Gasteiger partial charge is 0.460 e. The maximum atomic E-state index is 13.3. The number of carbonyl (C=O) groups excluding carboxylic acids is 1. The topological polar surface area (TPSA) is 124 Å². The van der Waals surface area contributed by atoms with Crippen LogP contribution in [0, 0.1) is 0 Å². The summed E-state index contributed by atoms with van der Waals surface area (Å²) in [6.07, 6.45) is 5.27. The van der Waals surface area contributed by atoms with Crippen LogP contribution in [0.25, 0.3) is 17.0 Å². The first-order valence-electron chi connectivity index (χ1n) is 11.0. The number of benzene rings is 1. The van der Waals surface area contributed by atoms with Gasteiger partial charge in [-0.05, 0) is 18.6 Å². The SMILES string of the molecule is CCCCn1c(N)c(N(CCOC)C(=O)/C=C/c2c(CC)oc3ccccc23)c(=O)[nH]c1=O. The Balaban J connectivity index is 2.04. The first kappa shape index (κ1) is 24.1. The molecule has 3 N–H and O–H groups in total. The molecule has 9 nitrogen and oxygen atoms in total. The van der Waals surface area contributed by atoms with Crippen LogP contribution < -0.4 is 21.9 Å². The van der Waals surface area contributed by atoms with Crippen molar-refractivity contribution in [2.45, 2.75) is 39.7 Å². The fourth-order valence-corrected chi connectivity index (χ4v) is 3.70. The van der Waals surface area contributed by atoms with Gasteiger partial charge in [-0.1, -0.05) is 38.5 Å². The van der Waals surface area contributed by atoms with Crippen molar-refractivity contribution in [3.63, 3.8) is 0 Å². The van der Waals surface area contributed by atoms with E-state index in [1.807, 2.05) is 38.1 Å². The molecule has 0 unspecified atom stereocenters. The third-order valence-corrected chi connectivity index (χ3v) is 5.43. The Morgan fingerprint density at radius 1 is 1.27 bits per heavy atom. The van der Waals surface area contributed by atoms with Gasteiger partial charge in [-0.25, -0.2) is 4.79 Å². The number of hydrogen-bond acceptors (Lipinski definition) is 6. The average molecular weight is 455 g/mol. The number of furan rings is 1. The molecule has 176 valence electrons. The summed E-state index contributed by atoms with van der Waals surface area (Å²) >= 11 is 0. The Morgan fingerprint density at radius 3 is 2.73 bits per heavy atom. The number of H-pyrrole nitrogens is 1. The number of para-hydroxylation sites is 1. The second-order valence-corrected chi connectivity index (χ2v) is 7.60. The summed E-state index contributed by atoms with van der Waals surface area (Å²) in [5.41, 5.74) is 6.39. The minimum atomic E-state index is -0.717. The van der Waals surface area contributed by atoms with Gasteiger partial charge in [0.2, 0.25) is 0 Å². The quantitative estimate of drug-likeness (QED) is 0.454. The standard InChI is InChI=1S/C24H30N4O5/c1-4-6-13-28-22(25)21(23(30)26-24(28)31)27(14-15-32-3)20(29)12-11-17-16-9-7-8-10-19(16)33-18(17)5-2/h7-12H,4-6,13-15,25H2,1-3H3,(H,26,30,31)/b12-11+. The zero-order valence-electron chi connectivity index (χ0n) is 19.2. The summed E-state index contributed by atoms with van der Waals surface area (Å²) in [5.74, 6) is 0.254. The Labute approximate surface area is 191 Å². The first-order valence-corrected chi connectivity index (χ1v) is 11.0. The number of unbranched alkanes of at least 4 members (excludes halogenated alkanes) is 1. The minimum absolute atomic E-state index is 0.0435. The Morgan fingerprint density at radius 2 is 2.03 bits per heavy atom. The summed E-state index contributed by atoms with van der Waals surface area (Å²) in [6.45, 7) is 4.57. The molecule has 3 rings (SSSR count). The molecule has 0 fully saturated rings. The maximum Gasteiger partial charge on any atom is 0.330 e. The second-order valence-electron chi connectivity index (χ2n) is 7.60. The maximum absolute atomic E-state index is 13.3. The van der Waals surface area contributed by atoms with E-state index in [-0.39, 0.29) is 24.7 Å². The number of carbonyl (C=O) groups is 1. The Kier molecular flexibility index (Phi) is 7.89. The number of rotatable bonds is 10. The van der Waals surface area contributed by atoms with Crippen molar-refractivity contribution in [1.82, 2.24) is 9.55 Å². The molecule has 0 spiro atoms. The highest BCUT2D eigenvalue weighted by Gasteiger charge is 2.23. The molecular weight excluding hydrogens is 424 g/mol. The van der Waals surface area contributed by atoms with Crippen LogP contribution in [-0.4, -0.2) is 35.7 Å². The number of fused-ring (bicyclic) bond motifs is 1. The van der Waals surface area contributed by atoms with Crippen molar-refractivity contribution >= 4 is 34.5 Å². The van der Waals surface area contributed by atoms with Crippen molar-refractivity contribution in [2.24, 2.45) is 0 Å². The van der Waals surface area contributed by atoms with Crippen LogP contribution in [0.15, 0.2) is 44.3 Å². The molecule has 0 aliphatic heterocycles. The van der Waals surface area contributed by atoms with Crippen LogP contribution in [0.5, 0.6) is 0 Å². The summed E-state index contributed by atoms with van der Waals surface area (Å²) in [5, 5.41) is 0.896. The minimum Gasteiger partial charge on any atom is -0.460 e. The number of aryl methyl sites for hydroxylation is 1. The van der Waals surface area contributed by atoms with E-state index in [0.29, 0.717) is 19.4 Å². The molecule has 3 aromatic rings. The number of hydrogen-bond donors (Lipinski definition) is 2. The van der Waals surface area contributed by atoms with Gasteiger partial charge in [0.1, 0.15) is 17.2 Å². The van der Waals surface area contributed by atoms with Gasteiger partial charge >= 0.3 is 5.69 Å². The number of nitrogens with one attached hydrogen (secondary N) is 1. The summed E-state index contributed by atoms with van der Waals surface area (Å²) in [6, 6.07) is 7.59. The molecular formula is C24H30N4O5. The fraction of sp³-hybridized carbons (Fsp3) is 0.375. The molecule has 0 radical (unpaired) electrons. The van der Waals surface area contributed by atoms with Crippen LogP contribution in [0.1, 0.15) is 38.0 Å². The molecule has 2 heterocycles. The molecule has 0 bridgehead atoms. The van der Waals surface area contributed by atoms with Crippen LogP contribution in [0.3, 0.4) is 0 Å². The number of nitrogens with zero attached hydrogens (tertiary/aromatic N) is 2. The van der Waals surface area contributed by atoms with Gasteiger partial charge in [-0.3, -0.25) is 24.0 Å². The van der Waals surface area contributed by atoms with Crippen molar-refractivity contribution in [3.05, 3.63) is 62.5 Å². The van der Waals surface area contributed by atoms with E-state index in [2.05, 4.69) is 4.98 Å². The highest BCUT2D eigenvalue weighted by molar-refractivity contribution is 6.06. The third kappa shape index (κ3) is 5.09. The molecule has 0 atom stereocenters. The summed E-state index contributed by atoms with van der Waals surface area (Å²) in [7, 11) is 1.50. The van der Waals surface area contributed by atoms with Gasteiger partial charge in [0, 0.05) is 43.6 Å². The Hall–Kier alpha value is -3.59. The van der Waals surface area contributed by atoms with Crippen molar-refractivity contribution in [2.75, 3.05) is 30.9 Å². The summed E-state index contributed by atoms with van der Waals surface area (Å²) in [4.78, 5) is 41.7. The van der Waals surface area contributed by atoms with Gasteiger partial charge in [-0.15, -0.1) is 0 Å². The van der Waals surface area contributed by atoms with E-state index >= 15 is 0 Å². The number of amides is 1. The van der Waals surface area contributed by atoms with E-state index in [1.54, 1.807) is 6.08 Å². The zero-order valence-corrected chi connectivity index (χ0v) is 19.2. The van der Waals surface area contributed by atoms with E-state index in [4.69, 9.17) is 14.9 Å². The lowest BCUT2D eigenvalue weighted by Crippen LogP contribution is -2.42. The first-order chi connectivity index (χ1) is 15.9. The van der Waals surface area contributed by atoms with Gasteiger partial charge in [0.15, 0.2) is 5.69 Å². The summed E-state index contributed by atoms with van der Waals surface area (Å²) < 4.78 is 12.3. The monoisotopic (exact) mass is 454 g/mol. The zero-order chi connectivity index (χ0) is 24.0. The third-order valence-electron chi connectivity index (χ3n) is 5.43. The van der Waals surface area contributed by atoms with Crippen molar-refractivity contribution in [3.8, 4) is 0 Å². The smallest absolute Gasteiger partial charge is 0.330 e. The van der Waals surface area contributed by atoms with E-state index in [0.717, 1.165) is 28.7 Å². The lowest BCUT2D eigenvalue weighted by Gasteiger charge is -2.23. The van der Waals surface area contributed by atoms with Gasteiger partial charge in [0.05, 0.1) is 6.61 Å². The predicted octanol–water partition coefficient (Wildman–Crippen LogP) is 2.92. The van der Waals surface area contributed by atoms with Gasteiger partial charge in [0.25, 0.3) is 11.5 Å². The molecule has 0 aliphatic rings. The number of ether oxygens (including phenoxy) is 1. The number of nitrogens with two attached hydrogens (primary N) is 1. The lowest BCUT2D eigenvalue weighted by molar-refractivity contribution is -0.114. The van der Waals surface area contributed by atoms with Crippen molar-refractivity contribution < 1.29 is 13.9 Å². The fourth-order valence-electron chi connectivity index (χ4n) is 3.70. The lowest BCUT2D eigenvalue weighted by atomic mass is 10.1. The van der Waals surface area contributed by atoms with Crippen molar-refractivity contribution in [1.29, 1.82) is 0 Å². The normalized spacial score (nSPS) is 11.5. The van der Waals surface area contributed by atoms with E-state index < -0.39 is 17.2 Å². The predicted molar refractivity (Wildman–Crippen MR) is 129 cm³/mol. The average Bonchev–Trinajstić information content (AvgIpc) is 3.17. The number of nitrogen functional groups attached to an aromatic ring is 1. The van der Waals surface area contributed by atoms with Gasteiger partial charge in [-0.2, -0.15) is 0 Å².